The maximum atomic E-state index is 12.1. The molecule has 0 atom stereocenters. The molecule has 6 heteroatoms. The van der Waals surface area contributed by atoms with Crippen LogP contribution in [0.1, 0.15) is 11.1 Å². The van der Waals surface area contributed by atoms with Crippen molar-refractivity contribution in [1.82, 2.24) is 0 Å². The van der Waals surface area contributed by atoms with Gasteiger partial charge in [-0.05, 0) is 23.3 Å². The Morgan fingerprint density at radius 1 is 0.633 bits per heavy atom. The second kappa shape index (κ2) is 8.13. The van der Waals surface area contributed by atoms with Crippen LogP contribution >= 0.6 is 0 Å². The van der Waals surface area contributed by atoms with Crippen LogP contribution in [-0.4, -0.2) is 33.6 Å². The molecule has 2 N–H and O–H groups in total. The van der Waals surface area contributed by atoms with Gasteiger partial charge in [-0.15, -0.1) is 0 Å². The molecule has 30 heavy (non-hydrogen) atoms. The highest BCUT2D eigenvalue weighted by Crippen LogP contribution is 2.37. The van der Waals surface area contributed by atoms with Gasteiger partial charge in [0.05, 0.1) is 28.7 Å². The summed E-state index contributed by atoms with van der Waals surface area (Å²) < 4.78 is 0. The average molecular weight is 398 g/mol. The third kappa shape index (κ3) is 3.63. The molecule has 3 aromatic carbocycles. The number of carbonyl (C=O) groups is 2. The normalized spacial score (nSPS) is 13.8. The molecule has 0 unspecified atom stereocenters. The van der Waals surface area contributed by atoms with Crippen molar-refractivity contribution in [2.24, 2.45) is 21.8 Å². The first-order valence-electron chi connectivity index (χ1n) is 9.39. The lowest BCUT2D eigenvalue weighted by Crippen LogP contribution is -2.41. The number of carboxylic acid groups (broad SMARTS) is 2. The fourth-order valence-electron chi connectivity index (χ4n) is 3.59. The van der Waals surface area contributed by atoms with Crippen LogP contribution in [0.3, 0.4) is 0 Å². The van der Waals surface area contributed by atoms with Gasteiger partial charge in [-0.1, -0.05) is 72.8 Å². The predicted octanol–water partition coefficient (Wildman–Crippen LogP) is 4.34. The third-order valence-electron chi connectivity index (χ3n) is 4.96. The Kier molecular flexibility index (Phi) is 5.22. The van der Waals surface area contributed by atoms with Crippen molar-refractivity contribution in [2.75, 3.05) is 0 Å². The Labute approximate surface area is 172 Å². The van der Waals surface area contributed by atoms with E-state index in [2.05, 4.69) is 0 Å². The number of nitrogens with zero attached hydrogens (tertiary/aromatic N) is 2. The number of aliphatic imine (C=N–C) groups is 2. The van der Waals surface area contributed by atoms with Crippen molar-refractivity contribution in [3.8, 4) is 0 Å². The molecular weight excluding hydrogens is 380 g/mol. The van der Waals surface area contributed by atoms with Gasteiger partial charge in [-0.25, -0.2) is 9.98 Å². The number of rotatable bonds is 5. The fourth-order valence-corrected chi connectivity index (χ4v) is 3.59. The zero-order valence-electron chi connectivity index (χ0n) is 15.8. The minimum Gasteiger partial charge on any atom is -0.481 e. The monoisotopic (exact) mass is 398 g/mol. The van der Waals surface area contributed by atoms with Crippen molar-refractivity contribution in [3.05, 3.63) is 96.1 Å². The summed E-state index contributed by atoms with van der Waals surface area (Å²) >= 11 is 0. The second-order valence-electron chi connectivity index (χ2n) is 6.85. The van der Waals surface area contributed by atoms with E-state index in [1.807, 2.05) is 48.5 Å². The minimum absolute atomic E-state index is 0.359. The quantitative estimate of drug-likeness (QED) is 0.624. The van der Waals surface area contributed by atoms with Crippen LogP contribution in [0.15, 0.2) is 94.9 Å². The summed E-state index contributed by atoms with van der Waals surface area (Å²) in [6.45, 7) is 0. The summed E-state index contributed by atoms with van der Waals surface area (Å²) in [5.41, 5.74) is 3.13. The van der Waals surface area contributed by atoms with Gasteiger partial charge in [-0.3, -0.25) is 9.59 Å². The molecule has 1 aliphatic heterocycles. The molecule has 0 saturated carbocycles. The minimum atomic E-state index is -1.75. The number of benzene rings is 3. The highest BCUT2D eigenvalue weighted by molar-refractivity contribution is 6.25. The molecule has 148 valence electrons. The molecule has 1 heterocycles. The number of aliphatic carboxylic acids is 2. The zero-order chi connectivity index (χ0) is 21.1. The van der Waals surface area contributed by atoms with Crippen LogP contribution in [0.2, 0.25) is 0 Å². The molecule has 4 rings (SSSR count). The summed E-state index contributed by atoms with van der Waals surface area (Å²) in [5.74, 6) is -5.72. The van der Waals surface area contributed by atoms with Crippen LogP contribution in [-0.2, 0) is 9.59 Å². The zero-order valence-corrected chi connectivity index (χ0v) is 15.8. The van der Waals surface area contributed by atoms with Crippen LogP contribution in [0, 0.1) is 11.8 Å². The van der Waals surface area contributed by atoms with Crippen molar-refractivity contribution >= 4 is 34.7 Å². The molecule has 0 bridgehead atoms. The van der Waals surface area contributed by atoms with Gasteiger partial charge in [0.2, 0.25) is 0 Å². The van der Waals surface area contributed by atoms with Gasteiger partial charge < -0.3 is 10.2 Å². The van der Waals surface area contributed by atoms with E-state index in [1.54, 1.807) is 36.4 Å². The lowest BCUT2D eigenvalue weighted by atomic mass is 9.79. The van der Waals surface area contributed by atoms with Crippen LogP contribution < -0.4 is 0 Å². The molecule has 3 aromatic rings. The van der Waals surface area contributed by atoms with Crippen molar-refractivity contribution in [2.45, 2.75) is 0 Å². The lowest BCUT2D eigenvalue weighted by Gasteiger charge is -2.24. The molecule has 0 fully saturated rings. The predicted molar refractivity (Wildman–Crippen MR) is 114 cm³/mol. The molecule has 0 spiro atoms. The van der Waals surface area contributed by atoms with E-state index in [4.69, 9.17) is 9.98 Å². The van der Waals surface area contributed by atoms with E-state index in [1.165, 1.54) is 0 Å². The molecule has 6 nitrogen and oxygen atoms in total. The molecule has 0 aromatic heterocycles. The highest BCUT2D eigenvalue weighted by atomic mass is 16.4. The Balaban J connectivity index is 2.06. The molecule has 1 aliphatic rings. The first-order valence-corrected chi connectivity index (χ1v) is 9.39. The highest BCUT2D eigenvalue weighted by Gasteiger charge is 2.43. The van der Waals surface area contributed by atoms with E-state index in [9.17, 15) is 19.8 Å². The second-order valence-corrected chi connectivity index (χ2v) is 6.85. The molecule has 0 saturated heterocycles. The standard InChI is InChI=1S/C24H18N2O4/c27-23(28)20(24(29)30)19-21(15-9-3-1-4-10-15)25-17-13-7-8-14-18(17)26-22(19)16-11-5-2-6-12-16/h1-14,19-20H,(H,27,28)(H,29,30). The molecule has 0 radical (unpaired) electrons. The number of carboxylic acids is 2. The summed E-state index contributed by atoms with van der Waals surface area (Å²) in [4.78, 5) is 33.6. The number of hydrogen-bond donors (Lipinski definition) is 2. The van der Waals surface area contributed by atoms with Crippen molar-refractivity contribution < 1.29 is 19.8 Å². The summed E-state index contributed by atoms with van der Waals surface area (Å²) in [5, 5.41) is 19.7. The Morgan fingerprint density at radius 2 is 1.00 bits per heavy atom. The van der Waals surface area contributed by atoms with Crippen LogP contribution in [0.25, 0.3) is 0 Å². The van der Waals surface area contributed by atoms with Crippen LogP contribution in [0.4, 0.5) is 11.4 Å². The average Bonchev–Trinajstić information content (AvgIpc) is 2.92. The van der Waals surface area contributed by atoms with Crippen molar-refractivity contribution in [3.63, 3.8) is 0 Å². The van der Waals surface area contributed by atoms with Gasteiger partial charge in [-0.2, -0.15) is 0 Å². The van der Waals surface area contributed by atoms with Gasteiger partial charge in [0.25, 0.3) is 0 Å². The molecular formula is C24H18N2O4. The number of para-hydroxylation sites is 2. The summed E-state index contributed by atoms with van der Waals surface area (Å²) in [6.07, 6.45) is 0. The van der Waals surface area contributed by atoms with E-state index in [-0.39, 0.29) is 0 Å². The topological polar surface area (TPSA) is 99.3 Å². The number of hydrogen-bond acceptors (Lipinski definition) is 4. The first-order chi connectivity index (χ1) is 14.6. The third-order valence-corrected chi connectivity index (χ3v) is 4.96. The maximum absolute atomic E-state index is 12.1. The Bertz CT molecular complexity index is 1060. The first kappa shape index (κ1) is 19.3. The van der Waals surface area contributed by atoms with Gasteiger partial charge in [0, 0.05) is 0 Å². The van der Waals surface area contributed by atoms with Gasteiger partial charge in [0.1, 0.15) is 0 Å². The SMILES string of the molecule is O=C(O)C(C(=O)O)C1C(c2ccccc2)=Nc2ccccc2N=C1c1ccccc1. The lowest BCUT2D eigenvalue weighted by molar-refractivity contribution is -0.155. The Hall–Kier alpha value is -4.06. The summed E-state index contributed by atoms with van der Waals surface area (Å²) in [6, 6.07) is 25.3. The number of fused-ring (bicyclic) bond motifs is 1. The van der Waals surface area contributed by atoms with Crippen LogP contribution in [0.5, 0.6) is 0 Å². The van der Waals surface area contributed by atoms with E-state index in [0.29, 0.717) is 33.9 Å². The Morgan fingerprint density at radius 3 is 1.37 bits per heavy atom. The summed E-state index contributed by atoms with van der Waals surface area (Å²) in [7, 11) is 0. The molecule has 0 amide bonds. The fraction of sp³-hybridized carbons (Fsp3) is 0.0833. The van der Waals surface area contributed by atoms with E-state index < -0.39 is 23.8 Å². The van der Waals surface area contributed by atoms with Gasteiger partial charge in [0.15, 0.2) is 5.92 Å². The van der Waals surface area contributed by atoms with Gasteiger partial charge >= 0.3 is 11.9 Å². The van der Waals surface area contributed by atoms with E-state index in [0.717, 1.165) is 0 Å². The smallest absolute Gasteiger partial charge is 0.318 e. The molecule has 0 aliphatic carbocycles. The largest absolute Gasteiger partial charge is 0.481 e. The van der Waals surface area contributed by atoms with E-state index >= 15 is 0 Å². The van der Waals surface area contributed by atoms with Crippen molar-refractivity contribution in [1.29, 1.82) is 0 Å². The maximum Gasteiger partial charge on any atom is 0.318 e.